The smallest absolute Gasteiger partial charge is 0.407 e. The van der Waals surface area contributed by atoms with Crippen molar-refractivity contribution >= 4 is 17.9 Å². The van der Waals surface area contributed by atoms with Gasteiger partial charge in [-0.15, -0.1) is 0 Å². The molecule has 1 fully saturated rings. The lowest BCUT2D eigenvalue weighted by atomic mass is 9.85. The molecule has 122 valence electrons. The van der Waals surface area contributed by atoms with Crippen LogP contribution in [0.1, 0.15) is 46.4 Å². The van der Waals surface area contributed by atoms with Crippen molar-refractivity contribution in [2.45, 2.75) is 31.7 Å². The van der Waals surface area contributed by atoms with Gasteiger partial charge >= 0.3 is 6.09 Å². The largest absolute Gasteiger partial charge is 0.465 e. The van der Waals surface area contributed by atoms with E-state index in [1.54, 1.807) is 31.3 Å². The van der Waals surface area contributed by atoms with Crippen molar-refractivity contribution in [1.29, 1.82) is 0 Å². The van der Waals surface area contributed by atoms with Crippen LogP contribution in [0.5, 0.6) is 0 Å². The highest BCUT2D eigenvalue weighted by Crippen LogP contribution is 2.30. The van der Waals surface area contributed by atoms with Gasteiger partial charge in [-0.1, -0.05) is 12.1 Å². The molecule has 0 unspecified atom stereocenters. The third-order valence-corrected chi connectivity index (χ3v) is 4.98. The molecule has 2 aliphatic rings. The Labute approximate surface area is 134 Å². The van der Waals surface area contributed by atoms with Crippen LogP contribution in [0.15, 0.2) is 24.3 Å². The second kappa shape index (κ2) is 6.02. The Bertz CT molecular complexity index is 615. The third kappa shape index (κ3) is 2.81. The molecule has 0 aromatic heterocycles. The predicted molar refractivity (Wildman–Crippen MR) is 83.3 cm³/mol. The van der Waals surface area contributed by atoms with E-state index in [-0.39, 0.29) is 23.8 Å². The SMILES string of the molecule is CN(C(=O)O)[C@H]1CC[C@H](CN2C(=O)c3ccccc3C2=O)CC1. The number of rotatable bonds is 3. The monoisotopic (exact) mass is 316 g/mol. The zero-order valence-electron chi connectivity index (χ0n) is 13.1. The van der Waals surface area contributed by atoms with Crippen LogP contribution < -0.4 is 0 Å². The van der Waals surface area contributed by atoms with Gasteiger partial charge < -0.3 is 10.0 Å². The average Bonchev–Trinajstić information content (AvgIpc) is 2.80. The first-order chi connectivity index (χ1) is 11.0. The summed E-state index contributed by atoms with van der Waals surface area (Å²) in [6.07, 6.45) is 2.30. The van der Waals surface area contributed by atoms with E-state index in [4.69, 9.17) is 5.11 Å². The van der Waals surface area contributed by atoms with E-state index < -0.39 is 6.09 Å². The standard InChI is InChI=1S/C17H20N2O4/c1-18(17(22)23)12-8-6-11(7-9-12)10-19-15(20)13-4-2-3-5-14(13)16(19)21/h2-5,11-12H,6-10H2,1H3,(H,22,23)/t11-,12-. The molecule has 3 amide bonds. The summed E-state index contributed by atoms with van der Waals surface area (Å²) in [6, 6.07) is 6.94. The van der Waals surface area contributed by atoms with Gasteiger partial charge in [0.2, 0.25) is 0 Å². The quantitative estimate of drug-likeness (QED) is 0.869. The van der Waals surface area contributed by atoms with Gasteiger partial charge in [0.15, 0.2) is 0 Å². The summed E-state index contributed by atoms with van der Waals surface area (Å²) < 4.78 is 0. The average molecular weight is 316 g/mol. The lowest BCUT2D eigenvalue weighted by molar-refractivity contribution is 0.0602. The van der Waals surface area contributed by atoms with E-state index in [2.05, 4.69) is 0 Å². The van der Waals surface area contributed by atoms with Gasteiger partial charge in [-0.3, -0.25) is 14.5 Å². The Morgan fingerprint density at radius 1 is 1.13 bits per heavy atom. The molecule has 1 aromatic rings. The molecule has 6 heteroatoms. The second-order valence-electron chi connectivity index (χ2n) is 6.33. The van der Waals surface area contributed by atoms with Gasteiger partial charge in [0.1, 0.15) is 0 Å². The normalized spacial score (nSPS) is 23.8. The molecule has 0 saturated heterocycles. The maximum atomic E-state index is 12.4. The van der Waals surface area contributed by atoms with Crippen molar-refractivity contribution in [3.8, 4) is 0 Å². The molecule has 0 spiro atoms. The number of amides is 3. The van der Waals surface area contributed by atoms with Crippen molar-refractivity contribution in [2.24, 2.45) is 5.92 Å². The summed E-state index contributed by atoms with van der Waals surface area (Å²) in [7, 11) is 1.59. The van der Waals surface area contributed by atoms with E-state index in [1.807, 2.05) is 0 Å². The minimum Gasteiger partial charge on any atom is -0.465 e. The maximum absolute atomic E-state index is 12.4. The van der Waals surface area contributed by atoms with Gasteiger partial charge in [-0.05, 0) is 43.7 Å². The first-order valence-corrected chi connectivity index (χ1v) is 7.90. The molecule has 1 saturated carbocycles. The fourth-order valence-electron chi connectivity index (χ4n) is 3.53. The number of fused-ring (bicyclic) bond motifs is 1. The number of nitrogens with zero attached hydrogens (tertiary/aromatic N) is 2. The number of carbonyl (C=O) groups is 3. The number of carboxylic acid groups (broad SMARTS) is 1. The maximum Gasteiger partial charge on any atom is 0.407 e. The van der Waals surface area contributed by atoms with Crippen LogP contribution in [0.4, 0.5) is 4.79 Å². The number of carbonyl (C=O) groups excluding carboxylic acids is 2. The lowest BCUT2D eigenvalue weighted by Crippen LogP contribution is -2.41. The Morgan fingerprint density at radius 3 is 2.13 bits per heavy atom. The van der Waals surface area contributed by atoms with Crippen LogP contribution in [-0.2, 0) is 0 Å². The van der Waals surface area contributed by atoms with Gasteiger partial charge in [0.05, 0.1) is 11.1 Å². The summed E-state index contributed by atoms with van der Waals surface area (Å²) in [5.41, 5.74) is 0.966. The van der Waals surface area contributed by atoms with Crippen LogP contribution in [-0.4, -0.2) is 52.4 Å². The highest BCUT2D eigenvalue weighted by molar-refractivity contribution is 6.21. The lowest BCUT2D eigenvalue weighted by Gasteiger charge is -2.34. The summed E-state index contributed by atoms with van der Waals surface area (Å²) in [6.45, 7) is 0.426. The van der Waals surface area contributed by atoms with Crippen molar-refractivity contribution < 1.29 is 19.5 Å². The minimum atomic E-state index is -0.909. The van der Waals surface area contributed by atoms with Gasteiger partial charge in [0.25, 0.3) is 11.8 Å². The predicted octanol–water partition coefficient (Wildman–Crippen LogP) is 2.45. The minimum absolute atomic E-state index is 0.0333. The fraction of sp³-hybridized carbons (Fsp3) is 0.471. The molecule has 1 heterocycles. The van der Waals surface area contributed by atoms with E-state index in [9.17, 15) is 14.4 Å². The molecule has 0 radical (unpaired) electrons. The molecule has 1 aliphatic heterocycles. The van der Waals surface area contributed by atoms with Crippen LogP contribution in [0.3, 0.4) is 0 Å². The number of hydrogen-bond acceptors (Lipinski definition) is 3. The highest BCUT2D eigenvalue weighted by Gasteiger charge is 2.37. The van der Waals surface area contributed by atoms with E-state index in [1.165, 1.54) is 9.80 Å². The van der Waals surface area contributed by atoms with Gasteiger partial charge in [0, 0.05) is 19.6 Å². The second-order valence-corrected chi connectivity index (χ2v) is 6.33. The van der Waals surface area contributed by atoms with Crippen LogP contribution in [0.25, 0.3) is 0 Å². The molecule has 6 nitrogen and oxygen atoms in total. The Kier molecular flexibility index (Phi) is 4.07. The summed E-state index contributed by atoms with van der Waals surface area (Å²) in [5, 5.41) is 9.03. The van der Waals surface area contributed by atoms with Crippen molar-refractivity contribution in [1.82, 2.24) is 9.80 Å². The van der Waals surface area contributed by atoms with Crippen LogP contribution >= 0.6 is 0 Å². The van der Waals surface area contributed by atoms with Crippen LogP contribution in [0.2, 0.25) is 0 Å². The first-order valence-electron chi connectivity index (χ1n) is 7.90. The molecule has 0 atom stereocenters. The summed E-state index contributed by atoms with van der Waals surface area (Å²) in [5.74, 6) is -0.179. The number of imide groups is 1. The van der Waals surface area contributed by atoms with Gasteiger partial charge in [-0.25, -0.2) is 4.79 Å². The van der Waals surface area contributed by atoms with Crippen molar-refractivity contribution in [3.63, 3.8) is 0 Å². The van der Waals surface area contributed by atoms with E-state index in [0.29, 0.717) is 17.7 Å². The number of hydrogen-bond donors (Lipinski definition) is 1. The molecule has 0 bridgehead atoms. The van der Waals surface area contributed by atoms with Crippen molar-refractivity contribution in [2.75, 3.05) is 13.6 Å². The first kappa shape index (κ1) is 15.5. The number of benzene rings is 1. The van der Waals surface area contributed by atoms with Crippen molar-refractivity contribution in [3.05, 3.63) is 35.4 Å². The topological polar surface area (TPSA) is 77.9 Å². The molecule has 1 aliphatic carbocycles. The van der Waals surface area contributed by atoms with E-state index in [0.717, 1.165) is 25.7 Å². The Hall–Kier alpha value is -2.37. The molecule has 23 heavy (non-hydrogen) atoms. The molecular weight excluding hydrogens is 296 g/mol. The Morgan fingerprint density at radius 2 is 1.65 bits per heavy atom. The zero-order chi connectivity index (χ0) is 16.6. The summed E-state index contributed by atoms with van der Waals surface area (Å²) in [4.78, 5) is 38.4. The van der Waals surface area contributed by atoms with Crippen LogP contribution in [0, 0.1) is 5.92 Å². The third-order valence-electron chi connectivity index (χ3n) is 4.98. The zero-order valence-corrected chi connectivity index (χ0v) is 13.1. The molecule has 3 rings (SSSR count). The molecule has 1 N–H and O–H groups in total. The molecule has 1 aromatic carbocycles. The fourth-order valence-corrected chi connectivity index (χ4v) is 3.53. The Balaban J connectivity index is 1.61. The van der Waals surface area contributed by atoms with Gasteiger partial charge in [-0.2, -0.15) is 0 Å². The molecular formula is C17H20N2O4. The summed E-state index contributed by atoms with van der Waals surface area (Å²) >= 11 is 0. The van der Waals surface area contributed by atoms with E-state index >= 15 is 0 Å². The highest BCUT2D eigenvalue weighted by atomic mass is 16.4.